The molecule has 3 amide bonds. The Labute approximate surface area is 153 Å². The molecule has 1 saturated heterocycles. The zero-order valence-corrected chi connectivity index (χ0v) is 14.3. The molecule has 1 atom stereocenters. The molecule has 2 aromatic rings. The van der Waals surface area contributed by atoms with Crippen LogP contribution in [0, 0.1) is 0 Å². The molecular weight excluding hydrogens is 358 g/mol. The van der Waals surface area contributed by atoms with Gasteiger partial charge in [-0.3, -0.25) is 19.7 Å². The monoisotopic (exact) mass is 371 g/mol. The Morgan fingerprint density at radius 3 is 2.85 bits per heavy atom. The summed E-state index contributed by atoms with van der Waals surface area (Å²) in [5.74, 6) is -0.456. The molecule has 1 aromatic heterocycles. The quantitative estimate of drug-likeness (QED) is 0.627. The maximum absolute atomic E-state index is 12.8. The summed E-state index contributed by atoms with van der Waals surface area (Å²) in [6.45, 7) is 0.280. The lowest BCUT2D eigenvalue weighted by Crippen LogP contribution is -2.52. The van der Waals surface area contributed by atoms with E-state index >= 15 is 0 Å². The van der Waals surface area contributed by atoms with Crippen molar-refractivity contribution >= 4 is 40.8 Å². The molecule has 0 aliphatic carbocycles. The van der Waals surface area contributed by atoms with E-state index in [9.17, 15) is 14.4 Å². The molecule has 8 nitrogen and oxygen atoms in total. The minimum Gasteiger partial charge on any atom is -0.340 e. The number of piperidine rings is 1. The second-order valence-electron chi connectivity index (χ2n) is 6.07. The third-order valence-electron chi connectivity index (χ3n) is 4.47. The maximum atomic E-state index is 12.8. The van der Waals surface area contributed by atoms with E-state index in [0.717, 1.165) is 5.56 Å². The van der Waals surface area contributed by atoms with Crippen LogP contribution in [0.2, 0.25) is 5.28 Å². The smallest absolute Gasteiger partial charge is 0.255 e. The van der Waals surface area contributed by atoms with E-state index in [1.54, 1.807) is 18.2 Å². The molecule has 0 radical (unpaired) electrons. The topological polar surface area (TPSA) is 104 Å². The summed E-state index contributed by atoms with van der Waals surface area (Å²) in [4.78, 5) is 45.7. The minimum atomic E-state index is -0.644. The number of imide groups is 1. The standard InChI is InChI=1S/C17H14ClN5O3/c18-17-19-7-6-13(21-17)20-11-3-1-2-9-10(11)8-23(16(9)26)12-4-5-14(24)22-15(12)25/h1-3,6-7,12H,4-5,8H2,(H,19,20,21)(H,22,24,25). The van der Waals surface area contributed by atoms with Crippen molar-refractivity contribution in [1.29, 1.82) is 0 Å². The molecule has 9 heteroatoms. The first kappa shape index (κ1) is 16.5. The molecule has 1 unspecified atom stereocenters. The van der Waals surface area contributed by atoms with Gasteiger partial charge in [-0.2, -0.15) is 0 Å². The summed E-state index contributed by atoms with van der Waals surface area (Å²) >= 11 is 5.81. The minimum absolute atomic E-state index is 0.115. The predicted molar refractivity (Wildman–Crippen MR) is 92.8 cm³/mol. The van der Waals surface area contributed by atoms with E-state index in [2.05, 4.69) is 20.6 Å². The number of fused-ring (bicyclic) bond motifs is 1. The highest BCUT2D eigenvalue weighted by Crippen LogP contribution is 2.33. The fourth-order valence-electron chi connectivity index (χ4n) is 3.25. The van der Waals surface area contributed by atoms with Gasteiger partial charge < -0.3 is 10.2 Å². The van der Waals surface area contributed by atoms with E-state index in [1.165, 1.54) is 11.1 Å². The number of benzene rings is 1. The number of nitrogens with zero attached hydrogens (tertiary/aromatic N) is 3. The summed E-state index contributed by atoms with van der Waals surface area (Å²) in [5.41, 5.74) is 2.01. The van der Waals surface area contributed by atoms with E-state index in [0.29, 0.717) is 23.5 Å². The number of hydrogen-bond donors (Lipinski definition) is 2. The molecule has 0 saturated carbocycles. The first-order valence-corrected chi connectivity index (χ1v) is 8.43. The van der Waals surface area contributed by atoms with Crippen molar-refractivity contribution in [3.05, 3.63) is 46.9 Å². The van der Waals surface area contributed by atoms with Gasteiger partial charge in [0.05, 0.1) is 0 Å². The van der Waals surface area contributed by atoms with Gasteiger partial charge in [-0.05, 0) is 36.2 Å². The Hall–Kier alpha value is -3.00. The van der Waals surface area contributed by atoms with Gasteiger partial charge in [0, 0.05) is 36.0 Å². The van der Waals surface area contributed by atoms with Gasteiger partial charge in [0.2, 0.25) is 17.1 Å². The molecule has 0 bridgehead atoms. The molecule has 1 aromatic carbocycles. The molecular formula is C17H14ClN5O3. The van der Waals surface area contributed by atoms with Crippen LogP contribution in [0.5, 0.6) is 0 Å². The van der Waals surface area contributed by atoms with Gasteiger partial charge in [0.1, 0.15) is 11.9 Å². The van der Waals surface area contributed by atoms with Crippen LogP contribution in [0.3, 0.4) is 0 Å². The van der Waals surface area contributed by atoms with E-state index in [-0.39, 0.29) is 30.1 Å². The van der Waals surface area contributed by atoms with Crippen LogP contribution in [0.1, 0.15) is 28.8 Å². The molecule has 2 aliphatic rings. The number of nitrogens with one attached hydrogen (secondary N) is 2. The molecule has 26 heavy (non-hydrogen) atoms. The Bertz CT molecular complexity index is 932. The molecule has 2 aliphatic heterocycles. The van der Waals surface area contributed by atoms with Crippen LogP contribution < -0.4 is 10.6 Å². The van der Waals surface area contributed by atoms with Gasteiger partial charge in [-0.1, -0.05) is 6.07 Å². The number of hydrogen-bond acceptors (Lipinski definition) is 6. The van der Waals surface area contributed by atoms with Gasteiger partial charge in [0.15, 0.2) is 0 Å². The summed E-state index contributed by atoms with van der Waals surface area (Å²) in [7, 11) is 0. The molecule has 1 fully saturated rings. The molecule has 2 N–H and O–H groups in total. The van der Waals surface area contributed by atoms with Crippen LogP contribution in [-0.2, 0) is 16.1 Å². The van der Waals surface area contributed by atoms with Crippen LogP contribution in [0.15, 0.2) is 30.5 Å². The number of carbonyl (C=O) groups is 3. The molecule has 4 rings (SSSR count). The van der Waals surface area contributed by atoms with Crippen molar-refractivity contribution < 1.29 is 14.4 Å². The van der Waals surface area contributed by atoms with Crippen molar-refractivity contribution in [3.63, 3.8) is 0 Å². The Morgan fingerprint density at radius 1 is 1.23 bits per heavy atom. The second kappa shape index (κ2) is 6.38. The van der Waals surface area contributed by atoms with Gasteiger partial charge in [-0.15, -0.1) is 0 Å². The zero-order chi connectivity index (χ0) is 18.3. The Kier molecular flexibility index (Phi) is 4.04. The summed E-state index contributed by atoms with van der Waals surface area (Å²) in [5, 5.41) is 5.55. The number of carbonyl (C=O) groups excluding carboxylic acids is 3. The Balaban J connectivity index is 1.62. The number of amides is 3. The SMILES string of the molecule is O=C1CCC(N2Cc3c(Nc4ccnc(Cl)n4)cccc3C2=O)C(=O)N1. The maximum Gasteiger partial charge on any atom is 0.255 e. The molecule has 3 heterocycles. The number of halogens is 1. The van der Waals surface area contributed by atoms with Gasteiger partial charge in [0.25, 0.3) is 5.91 Å². The van der Waals surface area contributed by atoms with Crippen LogP contribution in [0.4, 0.5) is 11.5 Å². The van der Waals surface area contributed by atoms with Crippen molar-refractivity contribution in [3.8, 4) is 0 Å². The third-order valence-corrected chi connectivity index (χ3v) is 4.65. The van der Waals surface area contributed by atoms with E-state index in [4.69, 9.17) is 11.6 Å². The lowest BCUT2D eigenvalue weighted by Gasteiger charge is -2.29. The second-order valence-corrected chi connectivity index (χ2v) is 6.41. The van der Waals surface area contributed by atoms with E-state index < -0.39 is 11.9 Å². The van der Waals surface area contributed by atoms with E-state index in [1.807, 2.05) is 6.07 Å². The van der Waals surface area contributed by atoms with Crippen LogP contribution >= 0.6 is 11.6 Å². The van der Waals surface area contributed by atoms with Crippen molar-refractivity contribution in [2.24, 2.45) is 0 Å². The lowest BCUT2D eigenvalue weighted by molar-refractivity contribution is -0.136. The van der Waals surface area contributed by atoms with Crippen LogP contribution in [0.25, 0.3) is 0 Å². The summed E-state index contributed by atoms with van der Waals surface area (Å²) < 4.78 is 0. The summed E-state index contributed by atoms with van der Waals surface area (Å²) in [6.07, 6.45) is 2.08. The number of anilines is 2. The van der Waals surface area contributed by atoms with Crippen molar-refractivity contribution in [2.45, 2.75) is 25.4 Å². The predicted octanol–water partition coefficient (Wildman–Crippen LogP) is 1.63. The fraction of sp³-hybridized carbons (Fsp3) is 0.235. The zero-order valence-electron chi connectivity index (χ0n) is 13.5. The highest BCUT2D eigenvalue weighted by atomic mass is 35.5. The highest BCUT2D eigenvalue weighted by molar-refractivity contribution is 6.28. The van der Waals surface area contributed by atoms with Crippen LogP contribution in [-0.4, -0.2) is 38.6 Å². The normalized spacial score (nSPS) is 19.3. The van der Waals surface area contributed by atoms with Gasteiger partial charge in [-0.25, -0.2) is 9.97 Å². The van der Waals surface area contributed by atoms with Crippen molar-refractivity contribution in [1.82, 2.24) is 20.2 Å². The average Bonchev–Trinajstić information content (AvgIpc) is 2.93. The summed E-state index contributed by atoms with van der Waals surface area (Å²) in [6, 6.07) is 6.34. The number of rotatable bonds is 3. The average molecular weight is 372 g/mol. The third kappa shape index (κ3) is 2.88. The molecule has 132 valence electrons. The largest absolute Gasteiger partial charge is 0.340 e. The lowest BCUT2D eigenvalue weighted by atomic mass is 10.0. The Morgan fingerprint density at radius 2 is 2.08 bits per heavy atom. The van der Waals surface area contributed by atoms with Crippen molar-refractivity contribution in [2.75, 3.05) is 5.32 Å². The first-order chi connectivity index (χ1) is 12.5. The fourth-order valence-corrected chi connectivity index (χ4v) is 3.39. The first-order valence-electron chi connectivity index (χ1n) is 8.05. The van der Waals surface area contributed by atoms with Gasteiger partial charge >= 0.3 is 0 Å². The number of aromatic nitrogens is 2. The molecule has 0 spiro atoms. The highest BCUT2D eigenvalue weighted by Gasteiger charge is 2.39.